The van der Waals surface area contributed by atoms with Crippen molar-refractivity contribution >= 4 is 44.8 Å². The minimum Gasteiger partial charge on any atom is -0.332 e. The standard InChI is InChI=1S/C18H14BrF3N4S/c19-14-6-4-12(5-7-14)11-26-9-8-16(25-26)24-17(27)23-15-3-1-2-13(10-15)18(20,21)22/h1-10H,11H2,(H2,23,24,25,27). The molecule has 1 aromatic heterocycles. The highest BCUT2D eigenvalue weighted by Gasteiger charge is 2.30. The van der Waals surface area contributed by atoms with Crippen LogP contribution < -0.4 is 10.6 Å². The average molecular weight is 455 g/mol. The molecule has 3 aromatic rings. The SMILES string of the molecule is FC(F)(F)c1cccc(NC(=S)Nc2ccn(Cc3ccc(Br)cc3)n2)c1. The van der Waals surface area contributed by atoms with Crippen molar-refractivity contribution in [2.24, 2.45) is 0 Å². The number of benzene rings is 2. The number of thiocarbonyl (C=S) groups is 1. The summed E-state index contributed by atoms with van der Waals surface area (Å²) in [7, 11) is 0. The van der Waals surface area contributed by atoms with Gasteiger partial charge in [0.2, 0.25) is 0 Å². The molecule has 27 heavy (non-hydrogen) atoms. The third-order valence-electron chi connectivity index (χ3n) is 3.59. The molecule has 0 amide bonds. The number of halogens is 4. The number of hydrogen-bond donors (Lipinski definition) is 2. The summed E-state index contributed by atoms with van der Waals surface area (Å²) >= 11 is 8.54. The molecule has 0 radical (unpaired) electrons. The molecule has 0 aliphatic rings. The van der Waals surface area contributed by atoms with E-state index in [1.54, 1.807) is 16.9 Å². The zero-order valence-electron chi connectivity index (χ0n) is 13.8. The molecule has 140 valence electrons. The zero-order chi connectivity index (χ0) is 19.4. The Balaban J connectivity index is 1.60. The first kappa shape index (κ1) is 19.4. The van der Waals surface area contributed by atoms with Gasteiger partial charge in [-0.25, -0.2) is 0 Å². The van der Waals surface area contributed by atoms with Crippen LogP contribution in [0.1, 0.15) is 11.1 Å². The minimum atomic E-state index is -4.40. The van der Waals surface area contributed by atoms with Crippen molar-refractivity contribution in [2.45, 2.75) is 12.7 Å². The van der Waals surface area contributed by atoms with Gasteiger partial charge < -0.3 is 10.6 Å². The summed E-state index contributed by atoms with van der Waals surface area (Å²) in [5, 5.41) is 10.1. The summed E-state index contributed by atoms with van der Waals surface area (Å²) in [5.41, 5.74) is 0.586. The van der Waals surface area contributed by atoms with Crippen molar-refractivity contribution in [3.05, 3.63) is 76.4 Å². The molecule has 3 rings (SSSR count). The molecule has 0 aliphatic heterocycles. The normalized spacial score (nSPS) is 11.3. The quantitative estimate of drug-likeness (QED) is 0.509. The molecule has 9 heteroatoms. The average Bonchev–Trinajstić information content (AvgIpc) is 3.03. The minimum absolute atomic E-state index is 0.156. The first-order valence-electron chi connectivity index (χ1n) is 7.83. The molecule has 0 saturated carbocycles. The fraction of sp³-hybridized carbons (Fsp3) is 0.111. The van der Waals surface area contributed by atoms with Gasteiger partial charge in [0.25, 0.3) is 0 Å². The summed E-state index contributed by atoms with van der Waals surface area (Å²) < 4.78 is 41.0. The molecule has 0 spiro atoms. The van der Waals surface area contributed by atoms with Crippen LogP contribution in [0.5, 0.6) is 0 Å². The highest BCUT2D eigenvalue weighted by atomic mass is 79.9. The van der Waals surface area contributed by atoms with Gasteiger partial charge >= 0.3 is 6.18 Å². The molecule has 0 aliphatic carbocycles. The lowest BCUT2D eigenvalue weighted by Crippen LogP contribution is -2.20. The molecule has 0 fully saturated rings. The van der Waals surface area contributed by atoms with E-state index in [9.17, 15) is 13.2 Å². The highest BCUT2D eigenvalue weighted by molar-refractivity contribution is 9.10. The third-order valence-corrected chi connectivity index (χ3v) is 4.32. The van der Waals surface area contributed by atoms with Crippen LogP contribution in [0.2, 0.25) is 0 Å². The van der Waals surface area contributed by atoms with Gasteiger partial charge in [-0.15, -0.1) is 0 Å². The lowest BCUT2D eigenvalue weighted by atomic mass is 10.2. The van der Waals surface area contributed by atoms with E-state index in [2.05, 4.69) is 31.7 Å². The Kier molecular flexibility index (Phi) is 5.81. The number of hydrogen-bond acceptors (Lipinski definition) is 2. The molecule has 0 atom stereocenters. The molecule has 2 N–H and O–H groups in total. The summed E-state index contributed by atoms with van der Waals surface area (Å²) in [6, 6.07) is 14.4. The molecule has 0 bridgehead atoms. The Bertz CT molecular complexity index is 938. The summed E-state index contributed by atoms with van der Waals surface area (Å²) in [6.45, 7) is 0.586. The first-order chi connectivity index (χ1) is 12.8. The number of rotatable bonds is 4. The van der Waals surface area contributed by atoms with Crippen LogP contribution in [0.4, 0.5) is 24.7 Å². The van der Waals surface area contributed by atoms with Crippen LogP contribution in [0, 0.1) is 0 Å². The smallest absolute Gasteiger partial charge is 0.332 e. The Hall–Kier alpha value is -2.39. The highest BCUT2D eigenvalue weighted by Crippen LogP contribution is 2.30. The second kappa shape index (κ2) is 8.10. The van der Waals surface area contributed by atoms with E-state index in [0.29, 0.717) is 12.4 Å². The fourth-order valence-corrected chi connectivity index (χ4v) is 2.83. The van der Waals surface area contributed by atoms with Crippen molar-refractivity contribution in [1.82, 2.24) is 9.78 Å². The van der Waals surface area contributed by atoms with E-state index in [-0.39, 0.29) is 10.8 Å². The second-order valence-corrected chi connectivity index (χ2v) is 7.01. The topological polar surface area (TPSA) is 41.9 Å². The van der Waals surface area contributed by atoms with Crippen molar-refractivity contribution in [3.8, 4) is 0 Å². The van der Waals surface area contributed by atoms with Crippen molar-refractivity contribution in [3.63, 3.8) is 0 Å². The largest absolute Gasteiger partial charge is 0.416 e. The predicted octanol–water partition coefficient (Wildman–Crippen LogP) is 5.52. The van der Waals surface area contributed by atoms with Crippen LogP contribution in [0.3, 0.4) is 0 Å². The van der Waals surface area contributed by atoms with Crippen LogP contribution >= 0.6 is 28.1 Å². The van der Waals surface area contributed by atoms with Gasteiger partial charge in [-0.2, -0.15) is 18.3 Å². The monoisotopic (exact) mass is 454 g/mol. The van der Waals surface area contributed by atoms with Gasteiger partial charge in [0, 0.05) is 22.4 Å². The van der Waals surface area contributed by atoms with Crippen LogP contribution in [0.25, 0.3) is 0 Å². The Morgan fingerprint density at radius 1 is 1.07 bits per heavy atom. The molecule has 1 heterocycles. The number of alkyl halides is 3. The molecule has 0 saturated heterocycles. The predicted molar refractivity (Wildman–Crippen MR) is 107 cm³/mol. The summed E-state index contributed by atoms with van der Waals surface area (Å²) in [6.07, 6.45) is -2.62. The van der Waals surface area contributed by atoms with Crippen LogP contribution in [-0.2, 0) is 12.7 Å². The van der Waals surface area contributed by atoms with Crippen LogP contribution in [-0.4, -0.2) is 14.9 Å². The van der Waals surface area contributed by atoms with Gasteiger partial charge in [0.05, 0.1) is 12.1 Å². The van der Waals surface area contributed by atoms with Gasteiger partial charge in [-0.3, -0.25) is 4.68 Å². The maximum Gasteiger partial charge on any atom is 0.416 e. The van der Waals surface area contributed by atoms with E-state index >= 15 is 0 Å². The van der Waals surface area contributed by atoms with E-state index in [4.69, 9.17) is 12.2 Å². The molecule has 2 aromatic carbocycles. The zero-order valence-corrected chi connectivity index (χ0v) is 16.2. The van der Waals surface area contributed by atoms with Crippen molar-refractivity contribution in [1.29, 1.82) is 0 Å². The Morgan fingerprint density at radius 3 is 2.52 bits per heavy atom. The molecular weight excluding hydrogens is 441 g/mol. The molecular formula is C18H14BrF3N4S. The Morgan fingerprint density at radius 2 is 1.81 bits per heavy atom. The van der Waals surface area contributed by atoms with Gasteiger partial charge in [-0.05, 0) is 48.1 Å². The summed E-state index contributed by atoms with van der Waals surface area (Å²) in [5.74, 6) is 0.497. The summed E-state index contributed by atoms with van der Waals surface area (Å²) in [4.78, 5) is 0. The van der Waals surface area contributed by atoms with Crippen molar-refractivity contribution < 1.29 is 13.2 Å². The fourth-order valence-electron chi connectivity index (χ4n) is 2.35. The lowest BCUT2D eigenvalue weighted by Gasteiger charge is -2.11. The molecule has 4 nitrogen and oxygen atoms in total. The lowest BCUT2D eigenvalue weighted by molar-refractivity contribution is -0.137. The maximum atomic E-state index is 12.8. The van der Waals surface area contributed by atoms with E-state index in [0.717, 1.165) is 22.2 Å². The first-order valence-corrected chi connectivity index (χ1v) is 9.03. The molecule has 0 unspecified atom stereocenters. The second-order valence-electron chi connectivity index (χ2n) is 5.68. The van der Waals surface area contributed by atoms with Gasteiger partial charge in [-0.1, -0.05) is 34.1 Å². The Labute approximate surface area is 167 Å². The van der Waals surface area contributed by atoms with E-state index < -0.39 is 11.7 Å². The number of nitrogens with zero attached hydrogens (tertiary/aromatic N) is 2. The van der Waals surface area contributed by atoms with E-state index in [1.807, 2.05) is 24.3 Å². The number of nitrogens with one attached hydrogen (secondary N) is 2. The van der Waals surface area contributed by atoms with Crippen molar-refractivity contribution in [2.75, 3.05) is 10.6 Å². The third kappa shape index (κ3) is 5.54. The van der Waals surface area contributed by atoms with Crippen LogP contribution in [0.15, 0.2) is 65.3 Å². The van der Waals surface area contributed by atoms with Gasteiger partial charge in [0.15, 0.2) is 10.9 Å². The van der Waals surface area contributed by atoms with Gasteiger partial charge in [0.1, 0.15) is 0 Å². The number of anilines is 2. The number of aromatic nitrogens is 2. The maximum absolute atomic E-state index is 12.8. The van der Waals surface area contributed by atoms with E-state index in [1.165, 1.54) is 12.1 Å².